The van der Waals surface area contributed by atoms with Crippen LogP contribution in [0.4, 0.5) is 0 Å². The number of ether oxygens (including phenoxy) is 3. The lowest BCUT2D eigenvalue weighted by molar-refractivity contribution is 0.0676. The zero-order valence-electron chi connectivity index (χ0n) is 13.1. The molecule has 0 N–H and O–H groups in total. The first-order valence-electron chi connectivity index (χ1n) is 7.81. The van der Waals surface area contributed by atoms with Gasteiger partial charge in [-0.3, -0.25) is 0 Å². The number of hydrogen-bond acceptors (Lipinski definition) is 5. The predicted octanol–water partition coefficient (Wildman–Crippen LogP) is 3.34. The maximum atomic E-state index is 12.2. The first-order chi connectivity index (χ1) is 11.7. The van der Waals surface area contributed by atoms with E-state index < -0.39 is 5.97 Å². The number of esters is 1. The Hall–Kier alpha value is -2.84. The van der Waals surface area contributed by atoms with Crippen molar-refractivity contribution in [3.63, 3.8) is 0 Å². The highest BCUT2D eigenvalue weighted by Crippen LogP contribution is 2.19. The Labute approximate surface area is 140 Å². The van der Waals surface area contributed by atoms with Crippen LogP contribution in [0.15, 0.2) is 48.5 Å². The van der Waals surface area contributed by atoms with Crippen molar-refractivity contribution in [2.75, 3.05) is 13.2 Å². The van der Waals surface area contributed by atoms with Gasteiger partial charge in [0.15, 0.2) is 0 Å². The molecular formula is C19H17NO4. The topological polar surface area (TPSA) is 68.5 Å². The summed E-state index contributed by atoms with van der Waals surface area (Å²) in [6.07, 6.45) is 2.19. The second-order valence-corrected chi connectivity index (χ2v) is 5.50. The van der Waals surface area contributed by atoms with Gasteiger partial charge < -0.3 is 14.2 Å². The molecule has 0 spiro atoms. The summed E-state index contributed by atoms with van der Waals surface area (Å²) in [5.41, 5.74) is 0.920. The highest BCUT2D eigenvalue weighted by molar-refractivity contribution is 5.91. The summed E-state index contributed by atoms with van der Waals surface area (Å²) in [6, 6.07) is 15.3. The SMILES string of the molecule is N#Cc1ccc(OC(=O)c2cccc(OC[C@@H]3CCCO3)c2)cc1. The molecule has 122 valence electrons. The second kappa shape index (κ2) is 7.62. The summed E-state index contributed by atoms with van der Waals surface area (Å²) in [5, 5.41) is 8.77. The van der Waals surface area contributed by atoms with Gasteiger partial charge in [0, 0.05) is 6.61 Å². The Kier molecular flexibility index (Phi) is 5.09. The predicted molar refractivity (Wildman–Crippen MR) is 87.0 cm³/mol. The normalized spacial score (nSPS) is 16.4. The fraction of sp³-hybridized carbons (Fsp3) is 0.263. The van der Waals surface area contributed by atoms with Crippen LogP contribution in [0, 0.1) is 11.3 Å². The van der Waals surface area contributed by atoms with Crippen molar-refractivity contribution in [1.29, 1.82) is 5.26 Å². The monoisotopic (exact) mass is 323 g/mol. The summed E-state index contributed by atoms with van der Waals surface area (Å²) >= 11 is 0. The molecule has 1 aliphatic rings. The molecule has 1 atom stereocenters. The minimum Gasteiger partial charge on any atom is -0.491 e. The van der Waals surface area contributed by atoms with E-state index in [4.69, 9.17) is 19.5 Å². The van der Waals surface area contributed by atoms with Gasteiger partial charge in [-0.1, -0.05) is 6.07 Å². The highest BCUT2D eigenvalue weighted by atomic mass is 16.5. The highest BCUT2D eigenvalue weighted by Gasteiger charge is 2.16. The molecule has 3 rings (SSSR count). The Morgan fingerprint density at radius 1 is 1.21 bits per heavy atom. The average Bonchev–Trinajstić information content (AvgIpc) is 3.14. The lowest BCUT2D eigenvalue weighted by Gasteiger charge is -2.12. The molecular weight excluding hydrogens is 306 g/mol. The number of benzene rings is 2. The molecule has 1 saturated heterocycles. The Balaban J connectivity index is 1.61. The van der Waals surface area contributed by atoms with E-state index in [1.54, 1.807) is 48.5 Å². The van der Waals surface area contributed by atoms with Gasteiger partial charge in [0.2, 0.25) is 0 Å². The van der Waals surface area contributed by atoms with E-state index in [2.05, 4.69) is 0 Å². The third-order valence-corrected chi connectivity index (χ3v) is 3.72. The van der Waals surface area contributed by atoms with Crippen molar-refractivity contribution in [2.45, 2.75) is 18.9 Å². The van der Waals surface area contributed by atoms with Gasteiger partial charge >= 0.3 is 5.97 Å². The molecule has 0 aromatic heterocycles. The Bertz CT molecular complexity index is 743. The van der Waals surface area contributed by atoms with E-state index in [1.165, 1.54) is 0 Å². The van der Waals surface area contributed by atoms with Crippen LogP contribution in [0.2, 0.25) is 0 Å². The first kappa shape index (κ1) is 16.0. The van der Waals surface area contributed by atoms with Crippen molar-refractivity contribution in [3.05, 3.63) is 59.7 Å². The smallest absolute Gasteiger partial charge is 0.343 e. The zero-order valence-corrected chi connectivity index (χ0v) is 13.1. The molecule has 1 heterocycles. The second-order valence-electron chi connectivity index (χ2n) is 5.50. The van der Waals surface area contributed by atoms with Gasteiger partial charge in [-0.25, -0.2) is 4.79 Å². The average molecular weight is 323 g/mol. The molecule has 2 aromatic carbocycles. The fourth-order valence-corrected chi connectivity index (χ4v) is 2.44. The standard InChI is InChI=1S/C19H17NO4/c20-12-14-6-8-16(9-7-14)24-19(21)15-3-1-4-17(11-15)23-13-18-5-2-10-22-18/h1,3-4,6-9,11,18H,2,5,10,13H2/t18-/m0/s1. The van der Waals surface area contributed by atoms with E-state index >= 15 is 0 Å². The van der Waals surface area contributed by atoms with Gasteiger partial charge in [0.1, 0.15) is 18.1 Å². The van der Waals surface area contributed by atoms with Crippen LogP contribution >= 0.6 is 0 Å². The van der Waals surface area contributed by atoms with E-state index in [-0.39, 0.29) is 6.10 Å². The van der Waals surface area contributed by atoms with E-state index in [9.17, 15) is 4.79 Å². The van der Waals surface area contributed by atoms with Gasteiger partial charge in [-0.15, -0.1) is 0 Å². The molecule has 0 amide bonds. The molecule has 0 radical (unpaired) electrons. The maximum absolute atomic E-state index is 12.2. The number of nitrogens with zero attached hydrogens (tertiary/aromatic N) is 1. The molecule has 0 bridgehead atoms. The van der Waals surface area contributed by atoms with Gasteiger partial charge in [-0.05, 0) is 55.3 Å². The largest absolute Gasteiger partial charge is 0.491 e. The summed E-state index contributed by atoms with van der Waals surface area (Å²) in [7, 11) is 0. The van der Waals surface area contributed by atoms with Crippen molar-refractivity contribution in [1.82, 2.24) is 0 Å². The quantitative estimate of drug-likeness (QED) is 0.623. The van der Waals surface area contributed by atoms with Crippen molar-refractivity contribution < 1.29 is 19.0 Å². The molecule has 1 fully saturated rings. The third kappa shape index (κ3) is 4.12. The van der Waals surface area contributed by atoms with Crippen molar-refractivity contribution in [3.8, 4) is 17.6 Å². The van der Waals surface area contributed by atoms with Gasteiger partial charge in [-0.2, -0.15) is 5.26 Å². The molecule has 5 nitrogen and oxygen atoms in total. The van der Waals surface area contributed by atoms with Crippen LogP contribution in [-0.4, -0.2) is 25.3 Å². The maximum Gasteiger partial charge on any atom is 0.343 e. The Morgan fingerprint density at radius 2 is 2.04 bits per heavy atom. The number of rotatable bonds is 5. The van der Waals surface area contributed by atoms with E-state index in [0.29, 0.717) is 29.2 Å². The first-order valence-corrected chi connectivity index (χ1v) is 7.81. The van der Waals surface area contributed by atoms with Crippen LogP contribution in [-0.2, 0) is 4.74 Å². The minimum atomic E-state index is -0.470. The molecule has 0 unspecified atom stereocenters. The zero-order chi connectivity index (χ0) is 16.8. The number of nitriles is 1. The van der Waals surface area contributed by atoms with Gasteiger partial charge in [0.25, 0.3) is 0 Å². The van der Waals surface area contributed by atoms with E-state index in [1.807, 2.05) is 6.07 Å². The number of hydrogen-bond donors (Lipinski definition) is 0. The van der Waals surface area contributed by atoms with E-state index in [0.717, 1.165) is 19.4 Å². The Morgan fingerprint density at radius 3 is 2.75 bits per heavy atom. The van der Waals surface area contributed by atoms with Crippen LogP contribution < -0.4 is 9.47 Å². The number of carbonyl (C=O) groups excluding carboxylic acids is 1. The molecule has 24 heavy (non-hydrogen) atoms. The third-order valence-electron chi connectivity index (χ3n) is 3.72. The summed E-state index contributed by atoms with van der Waals surface area (Å²) in [6.45, 7) is 1.26. The summed E-state index contributed by atoms with van der Waals surface area (Å²) < 4.78 is 16.5. The van der Waals surface area contributed by atoms with Crippen molar-refractivity contribution in [2.24, 2.45) is 0 Å². The summed E-state index contributed by atoms with van der Waals surface area (Å²) in [5.74, 6) is 0.534. The lowest BCUT2D eigenvalue weighted by Crippen LogP contribution is -2.16. The molecule has 0 saturated carbocycles. The molecule has 1 aliphatic heterocycles. The van der Waals surface area contributed by atoms with Crippen molar-refractivity contribution >= 4 is 5.97 Å². The molecule has 0 aliphatic carbocycles. The molecule has 5 heteroatoms. The minimum absolute atomic E-state index is 0.124. The molecule has 2 aromatic rings. The van der Waals surface area contributed by atoms with Crippen LogP contribution in [0.1, 0.15) is 28.8 Å². The number of carbonyl (C=O) groups is 1. The van der Waals surface area contributed by atoms with Gasteiger partial charge in [0.05, 0.1) is 23.3 Å². The lowest BCUT2D eigenvalue weighted by atomic mass is 10.2. The summed E-state index contributed by atoms with van der Waals surface area (Å²) in [4.78, 5) is 12.2. The van der Waals surface area contributed by atoms with Crippen LogP contribution in [0.25, 0.3) is 0 Å². The van der Waals surface area contributed by atoms with Crippen LogP contribution in [0.5, 0.6) is 11.5 Å². The fourth-order valence-electron chi connectivity index (χ4n) is 2.44. The van der Waals surface area contributed by atoms with Crippen LogP contribution in [0.3, 0.4) is 0 Å².